The Bertz CT molecular complexity index is 555. The van der Waals surface area contributed by atoms with Crippen LogP contribution in [0.15, 0.2) is 24.3 Å². The van der Waals surface area contributed by atoms with E-state index in [0.717, 1.165) is 31.2 Å². The van der Waals surface area contributed by atoms with Crippen molar-refractivity contribution in [2.75, 3.05) is 13.7 Å². The van der Waals surface area contributed by atoms with Gasteiger partial charge in [-0.05, 0) is 50.3 Å². The van der Waals surface area contributed by atoms with Crippen LogP contribution >= 0.6 is 12.4 Å². The number of hydrogen-bond donors (Lipinski definition) is 2. The second-order valence-electron chi connectivity index (χ2n) is 5.88. The zero-order valence-corrected chi connectivity index (χ0v) is 15.1. The highest BCUT2D eigenvalue weighted by atomic mass is 35.5. The topological polar surface area (TPSA) is 73.6 Å². The number of nitrogens with two attached hydrogens (primary N) is 1. The van der Waals surface area contributed by atoms with Crippen LogP contribution in [0.25, 0.3) is 6.08 Å². The molecule has 2 rings (SSSR count). The van der Waals surface area contributed by atoms with Gasteiger partial charge in [0.25, 0.3) is 5.91 Å². The molecule has 3 N–H and O–H groups in total. The van der Waals surface area contributed by atoms with Gasteiger partial charge in [0.1, 0.15) is 0 Å². The van der Waals surface area contributed by atoms with Gasteiger partial charge in [-0.25, -0.2) is 0 Å². The highest BCUT2D eigenvalue weighted by Crippen LogP contribution is 2.28. The van der Waals surface area contributed by atoms with E-state index in [1.54, 1.807) is 7.11 Å². The maximum atomic E-state index is 12.0. The van der Waals surface area contributed by atoms with Crippen LogP contribution in [-0.2, 0) is 4.79 Å². The van der Waals surface area contributed by atoms with Crippen LogP contribution in [0.2, 0.25) is 0 Å². The fourth-order valence-corrected chi connectivity index (χ4v) is 2.78. The summed E-state index contributed by atoms with van der Waals surface area (Å²) in [6.07, 6.45) is 7.74. The summed E-state index contributed by atoms with van der Waals surface area (Å²) in [5.41, 5.74) is 6.90. The third-order valence-electron chi connectivity index (χ3n) is 4.04. The lowest BCUT2D eigenvalue weighted by Gasteiger charge is -2.26. The van der Waals surface area contributed by atoms with Crippen molar-refractivity contribution >= 4 is 24.4 Å². The Labute approximate surface area is 150 Å². The number of benzene rings is 1. The Hall–Kier alpha value is -1.72. The third-order valence-corrected chi connectivity index (χ3v) is 4.04. The summed E-state index contributed by atoms with van der Waals surface area (Å²) in [6, 6.07) is 6.12. The predicted octanol–water partition coefficient (Wildman–Crippen LogP) is 2.92. The van der Waals surface area contributed by atoms with E-state index in [1.807, 2.05) is 37.3 Å². The number of ether oxygens (including phenoxy) is 2. The number of methoxy groups -OCH3 is 1. The van der Waals surface area contributed by atoms with E-state index < -0.39 is 0 Å². The number of carbonyl (C=O) groups excluding carboxylic acids is 1. The molecule has 6 heteroatoms. The lowest BCUT2D eigenvalue weighted by Crippen LogP contribution is -2.42. The van der Waals surface area contributed by atoms with Crippen LogP contribution in [0.5, 0.6) is 11.5 Å². The molecule has 1 aromatic carbocycles. The minimum atomic E-state index is -0.106. The molecule has 0 spiro atoms. The molecule has 0 unspecified atom stereocenters. The molecule has 0 radical (unpaired) electrons. The number of halogens is 1. The van der Waals surface area contributed by atoms with Crippen molar-refractivity contribution in [3.8, 4) is 11.5 Å². The molecule has 5 nitrogen and oxygen atoms in total. The number of hydrogen-bond acceptors (Lipinski definition) is 4. The fourth-order valence-electron chi connectivity index (χ4n) is 2.78. The van der Waals surface area contributed by atoms with Gasteiger partial charge in [0.15, 0.2) is 18.1 Å². The second-order valence-corrected chi connectivity index (χ2v) is 5.88. The first-order valence-corrected chi connectivity index (χ1v) is 8.11. The van der Waals surface area contributed by atoms with E-state index in [2.05, 4.69) is 5.32 Å². The van der Waals surface area contributed by atoms with Gasteiger partial charge in [0.05, 0.1) is 7.11 Å². The first-order chi connectivity index (χ1) is 11.1. The number of rotatable bonds is 6. The Morgan fingerprint density at radius 3 is 2.62 bits per heavy atom. The van der Waals surface area contributed by atoms with Crippen LogP contribution in [0.3, 0.4) is 0 Å². The van der Waals surface area contributed by atoms with Gasteiger partial charge in [-0.3, -0.25) is 4.79 Å². The van der Waals surface area contributed by atoms with Crippen LogP contribution in [0.1, 0.15) is 38.2 Å². The average molecular weight is 355 g/mol. The van der Waals surface area contributed by atoms with Crippen LogP contribution in [0.4, 0.5) is 0 Å². The zero-order valence-electron chi connectivity index (χ0n) is 14.3. The highest BCUT2D eigenvalue weighted by Gasteiger charge is 2.20. The van der Waals surface area contributed by atoms with Gasteiger partial charge in [0, 0.05) is 12.1 Å². The SMILES string of the molecule is C/C=C/c1ccc(OCC(=O)NC2CCC(N)CC2)c(OC)c1.Cl. The van der Waals surface area contributed by atoms with Crippen molar-refractivity contribution < 1.29 is 14.3 Å². The van der Waals surface area contributed by atoms with Crippen molar-refractivity contribution in [3.05, 3.63) is 29.8 Å². The quantitative estimate of drug-likeness (QED) is 0.823. The summed E-state index contributed by atoms with van der Waals surface area (Å²) in [6.45, 7) is 1.95. The Morgan fingerprint density at radius 2 is 2.00 bits per heavy atom. The molecule has 0 aromatic heterocycles. The van der Waals surface area contributed by atoms with E-state index >= 15 is 0 Å². The van der Waals surface area contributed by atoms with Gasteiger partial charge in [-0.1, -0.05) is 18.2 Å². The minimum absolute atomic E-state index is 0. The second kappa shape index (κ2) is 10.2. The first kappa shape index (κ1) is 20.3. The van der Waals surface area contributed by atoms with Gasteiger partial charge < -0.3 is 20.5 Å². The molecule has 1 saturated carbocycles. The highest BCUT2D eigenvalue weighted by molar-refractivity contribution is 5.85. The van der Waals surface area contributed by atoms with E-state index in [4.69, 9.17) is 15.2 Å². The molecule has 0 aliphatic heterocycles. The van der Waals surface area contributed by atoms with Crippen molar-refractivity contribution in [1.29, 1.82) is 0 Å². The average Bonchev–Trinajstić information content (AvgIpc) is 2.56. The monoisotopic (exact) mass is 354 g/mol. The third kappa shape index (κ3) is 6.06. The Morgan fingerprint density at radius 1 is 1.29 bits per heavy atom. The molecule has 1 aliphatic carbocycles. The molecule has 0 heterocycles. The predicted molar refractivity (Wildman–Crippen MR) is 98.8 cm³/mol. The normalized spacial score (nSPS) is 20.3. The van der Waals surface area contributed by atoms with Gasteiger partial charge in [-0.2, -0.15) is 0 Å². The maximum absolute atomic E-state index is 12.0. The smallest absolute Gasteiger partial charge is 0.258 e. The first-order valence-electron chi connectivity index (χ1n) is 8.11. The van der Waals surface area contributed by atoms with Crippen molar-refractivity contribution in [2.24, 2.45) is 5.73 Å². The zero-order chi connectivity index (χ0) is 16.7. The van der Waals surface area contributed by atoms with Gasteiger partial charge >= 0.3 is 0 Å². The van der Waals surface area contributed by atoms with Crippen molar-refractivity contribution in [1.82, 2.24) is 5.32 Å². The van der Waals surface area contributed by atoms with Crippen LogP contribution < -0.4 is 20.5 Å². The summed E-state index contributed by atoms with van der Waals surface area (Å²) >= 11 is 0. The number of allylic oxidation sites excluding steroid dienone is 1. The summed E-state index contributed by atoms with van der Waals surface area (Å²) in [7, 11) is 1.59. The molecule has 1 fully saturated rings. The van der Waals surface area contributed by atoms with E-state index in [0.29, 0.717) is 11.5 Å². The van der Waals surface area contributed by atoms with Crippen molar-refractivity contribution in [2.45, 2.75) is 44.7 Å². The largest absolute Gasteiger partial charge is 0.493 e. The molecule has 24 heavy (non-hydrogen) atoms. The van der Waals surface area contributed by atoms with Gasteiger partial charge in [-0.15, -0.1) is 12.4 Å². The summed E-state index contributed by atoms with van der Waals surface area (Å²) in [5, 5.41) is 3.01. The minimum Gasteiger partial charge on any atom is -0.493 e. The molecular formula is C18H27ClN2O3. The Kier molecular flexibility index (Phi) is 8.65. The standard InChI is InChI=1S/C18H26N2O3.ClH/c1-3-4-13-5-10-16(17(11-13)22-2)23-12-18(21)20-15-8-6-14(19)7-9-15;/h3-5,10-11,14-15H,6-9,12,19H2,1-2H3,(H,20,21);1H/b4-3+;. The Balaban J connectivity index is 0.00000288. The van der Waals surface area contributed by atoms with E-state index in [-0.39, 0.29) is 37.0 Å². The van der Waals surface area contributed by atoms with Gasteiger partial charge in [0.2, 0.25) is 0 Å². The molecule has 134 valence electrons. The molecule has 0 bridgehead atoms. The van der Waals surface area contributed by atoms with Crippen LogP contribution in [0, 0.1) is 0 Å². The fraction of sp³-hybridized carbons (Fsp3) is 0.500. The molecule has 1 aromatic rings. The lowest BCUT2D eigenvalue weighted by atomic mass is 9.92. The summed E-state index contributed by atoms with van der Waals surface area (Å²) < 4.78 is 10.9. The lowest BCUT2D eigenvalue weighted by molar-refractivity contribution is -0.124. The molecule has 0 saturated heterocycles. The number of amides is 1. The molecule has 0 atom stereocenters. The molecule has 1 aliphatic rings. The number of carbonyl (C=O) groups is 1. The number of nitrogens with one attached hydrogen (secondary N) is 1. The summed E-state index contributed by atoms with van der Waals surface area (Å²) in [4.78, 5) is 12.0. The molecule has 1 amide bonds. The van der Waals surface area contributed by atoms with Crippen LogP contribution in [-0.4, -0.2) is 31.7 Å². The van der Waals surface area contributed by atoms with E-state index in [1.165, 1.54) is 0 Å². The van der Waals surface area contributed by atoms with E-state index in [9.17, 15) is 4.79 Å². The van der Waals surface area contributed by atoms with Crippen molar-refractivity contribution in [3.63, 3.8) is 0 Å². The molecular weight excluding hydrogens is 328 g/mol. The maximum Gasteiger partial charge on any atom is 0.258 e. The summed E-state index contributed by atoms with van der Waals surface area (Å²) in [5.74, 6) is 1.09.